The molecule has 0 bridgehead atoms. The molecule has 6 heteroatoms. The molecular formula is C15H19N3O2S. The van der Waals surface area contributed by atoms with Crippen molar-refractivity contribution in [3.05, 3.63) is 18.4 Å². The zero-order valence-corrected chi connectivity index (χ0v) is 12.9. The number of aromatic nitrogens is 3. The Labute approximate surface area is 128 Å². The molecule has 5 nitrogen and oxygen atoms in total. The number of Topliss-reactive ketones (excluding diaryl/α,β-unsaturated/α-hetero) is 1. The summed E-state index contributed by atoms with van der Waals surface area (Å²) in [5, 5.41) is 9.40. The molecule has 2 aromatic heterocycles. The average Bonchev–Trinajstić information content (AvgIpc) is 3.15. The van der Waals surface area contributed by atoms with Crippen molar-refractivity contribution >= 4 is 17.5 Å². The van der Waals surface area contributed by atoms with E-state index in [9.17, 15) is 4.79 Å². The van der Waals surface area contributed by atoms with Gasteiger partial charge in [0.25, 0.3) is 0 Å². The van der Waals surface area contributed by atoms with Crippen LogP contribution in [0.25, 0.3) is 11.6 Å². The van der Waals surface area contributed by atoms with E-state index in [4.69, 9.17) is 4.42 Å². The van der Waals surface area contributed by atoms with Gasteiger partial charge < -0.3 is 4.42 Å². The standard InChI is InChI=1S/C15H19N3O2S/c1-11(19)10-21-15-17-16-14(13-8-5-9-20-13)18(15)12-6-3-2-4-7-12/h5,8-9,12H,2-4,6-7,10H2,1H3. The minimum absolute atomic E-state index is 0.151. The van der Waals surface area contributed by atoms with Crippen LogP contribution >= 0.6 is 11.8 Å². The zero-order chi connectivity index (χ0) is 14.7. The third-order valence-electron chi connectivity index (χ3n) is 3.75. The number of nitrogens with zero attached hydrogens (tertiary/aromatic N) is 3. The summed E-state index contributed by atoms with van der Waals surface area (Å²) in [6.07, 6.45) is 7.69. The fourth-order valence-corrected chi connectivity index (χ4v) is 3.59. The Bertz CT molecular complexity index is 600. The van der Waals surface area contributed by atoms with Gasteiger partial charge in [0.15, 0.2) is 10.9 Å². The average molecular weight is 305 g/mol. The fraction of sp³-hybridized carbons (Fsp3) is 0.533. The summed E-state index contributed by atoms with van der Waals surface area (Å²) in [5.74, 6) is 2.10. The number of furan rings is 1. The number of hydrogen-bond donors (Lipinski definition) is 0. The molecule has 21 heavy (non-hydrogen) atoms. The molecule has 0 spiro atoms. The van der Waals surface area contributed by atoms with Crippen molar-refractivity contribution in [1.29, 1.82) is 0 Å². The van der Waals surface area contributed by atoms with Gasteiger partial charge in [-0.1, -0.05) is 31.0 Å². The van der Waals surface area contributed by atoms with Crippen molar-refractivity contribution in [1.82, 2.24) is 14.8 Å². The first-order valence-corrected chi connectivity index (χ1v) is 8.35. The smallest absolute Gasteiger partial charge is 0.200 e. The van der Waals surface area contributed by atoms with E-state index in [0.717, 1.165) is 29.6 Å². The van der Waals surface area contributed by atoms with Crippen molar-refractivity contribution in [2.45, 2.75) is 50.2 Å². The number of hydrogen-bond acceptors (Lipinski definition) is 5. The molecule has 112 valence electrons. The van der Waals surface area contributed by atoms with Gasteiger partial charge in [0.1, 0.15) is 5.78 Å². The topological polar surface area (TPSA) is 60.9 Å². The van der Waals surface area contributed by atoms with Crippen molar-refractivity contribution in [3.8, 4) is 11.6 Å². The first-order valence-electron chi connectivity index (χ1n) is 7.36. The Morgan fingerprint density at radius 1 is 1.38 bits per heavy atom. The molecule has 0 radical (unpaired) electrons. The van der Waals surface area contributed by atoms with E-state index < -0.39 is 0 Å². The molecule has 0 N–H and O–H groups in total. The van der Waals surface area contributed by atoms with Crippen LogP contribution in [0, 0.1) is 0 Å². The van der Waals surface area contributed by atoms with E-state index in [0.29, 0.717) is 11.8 Å². The SMILES string of the molecule is CC(=O)CSc1nnc(-c2ccco2)n1C1CCCCC1. The van der Waals surface area contributed by atoms with Gasteiger partial charge in [0.05, 0.1) is 12.0 Å². The number of carbonyl (C=O) groups excluding carboxylic acids is 1. The Morgan fingerprint density at radius 3 is 2.86 bits per heavy atom. The molecule has 1 aliphatic rings. The lowest BCUT2D eigenvalue weighted by Gasteiger charge is -2.25. The number of rotatable bonds is 5. The summed E-state index contributed by atoms with van der Waals surface area (Å²) in [7, 11) is 0. The van der Waals surface area contributed by atoms with Crippen molar-refractivity contribution in [2.75, 3.05) is 5.75 Å². The molecule has 0 aliphatic heterocycles. The van der Waals surface area contributed by atoms with Gasteiger partial charge in [0.2, 0.25) is 5.82 Å². The van der Waals surface area contributed by atoms with Crippen LogP contribution in [0.5, 0.6) is 0 Å². The summed E-state index contributed by atoms with van der Waals surface area (Å²) in [5.41, 5.74) is 0. The molecule has 1 saturated carbocycles. The molecule has 0 aromatic carbocycles. The highest BCUT2D eigenvalue weighted by molar-refractivity contribution is 7.99. The predicted molar refractivity (Wildman–Crippen MR) is 81.3 cm³/mol. The van der Waals surface area contributed by atoms with Crippen LogP contribution in [-0.4, -0.2) is 26.3 Å². The Hall–Kier alpha value is -1.56. The number of ketones is 1. The highest BCUT2D eigenvalue weighted by Crippen LogP contribution is 2.35. The van der Waals surface area contributed by atoms with Crippen LogP contribution in [0.2, 0.25) is 0 Å². The molecule has 1 fully saturated rings. The maximum atomic E-state index is 11.2. The van der Waals surface area contributed by atoms with Crippen LogP contribution < -0.4 is 0 Å². The van der Waals surface area contributed by atoms with Gasteiger partial charge in [-0.15, -0.1) is 10.2 Å². The molecule has 0 amide bonds. The monoisotopic (exact) mass is 305 g/mol. The van der Waals surface area contributed by atoms with Gasteiger partial charge in [-0.25, -0.2) is 0 Å². The predicted octanol–water partition coefficient (Wildman–Crippen LogP) is 3.72. The van der Waals surface area contributed by atoms with Crippen LogP contribution in [0.4, 0.5) is 0 Å². The lowest BCUT2D eigenvalue weighted by molar-refractivity contribution is -0.114. The molecule has 0 atom stereocenters. The van der Waals surface area contributed by atoms with Crippen molar-refractivity contribution < 1.29 is 9.21 Å². The Balaban J connectivity index is 1.94. The van der Waals surface area contributed by atoms with E-state index >= 15 is 0 Å². The zero-order valence-electron chi connectivity index (χ0n) is 12.1. The molecular weight excluding hydrogens is 286 g/mol. The second-order valence-electron chi connectivity index (χ2n) is 5.44. The highest BCUT2D eigenvalue weighted by atomic mass is 32.2. The Kier molecular flexibility index (Phi) is 4.43. The molecule has 0 saturated heterocycles. The summed E-state index contributed by atoms with van der Waals surface area (Å²) in [6.45, 7) is 1.60. The maximum absolute atomic E-state index is 11.2. The van der Waals surface area contributed by atoms with E-state index in [-0.39, 0.29) is 5.78 Å². The lowest BCUT2D eigenvalue weighted by atomic mass is 9.95. The van der Waals surface area contributed by atoms with Gasteiger partial charge in [0, 0.05) is 6.04 Å². The van der Waals surface area contributed by atoms with Crippen molar-refractivity contribution in [3.63, 3.8) is 0 Å². The number of carbonyl (C=O) groups is 1. The normalized spacial score (nSPS) is 16.2. The summed E-state index contributed by atoms with van der Waals surface area (Å²) in [4.78, 5) is 11.2. The third kappa shape index (κ3) is 3.20. The maximum Gasteiger partial charge on any atom is 0.200 e. The van der Waals surface area contributed by atoms with Crippen molar-refractivity contribution in [2.24, 2.45) is 0 Å². The van der Waals surface area contributed by atoms with Crippen LogP contribution in [0.15, 0.2) is 28.0 Å². The van der Waals surface area contributed by atoms with Gasteiger partial charge in [-0.3, -0.25) is 9.36 Å². The number of thioether (sulfide) groups is 1. The molecule has 2 aromatic rings. The summed E-state index contributed by atoms with van der Waals surface area (Å²) < 4.78 is 7.66. The first-order chi connectivity index (χ1) is 10.3. The van der Waals surface area contributed by atoms with E-state index in [1.54, 1.807) is 13.2 Å². The van der Waals surface area contributed by atoms with Gasteiger partial charge in [-0.05, 0) is 31.9 Å². The van der Waals surface area contributed by atoms with Gasteiger partial charge in [-0.2, -0.15) is 0 Å². The largest absolute Gasteiger partial charge is 0.461 e. The van der Waals surface area contributed by atoms with E-state index in [1.807, 2.05) is 12.1 Å². The minimum atomic E-state index is 0.151. The third-order valence-corrected chi connectivity index (χ3v) is 4.84. The molecule has 2 heterocycles. The summed E-state index contributed by atoms with van der Waals surface area (Å²) in [6, 6.07) is 4.17. The summed E-state index contributed by atoms with van der Waals surface area (Å²) >= 11 is 1.47. The van der Waals surface area contributed by atoms with Crippen LogP contribution in [0.1, 0.15) is 45.1 Å². The lowest BCUT2D eigenvalue weighted by Crippen LogP contribution is -2.15. The first kappa shape index (κ1) is 14.4. The minimum Gasteiger partial charge on any atom is -0.461 e. The van der Waals surface area contributed by atoms with Crippen LogP contribution in [-0.2, 0) is 4.79 Å². The second-order valence-corrected chi connectivity index (χ2v) is 6.38. The molecule has 3 rings (SSSR count). The fourth-order valence-electron chi connectivity index (χ4n) is 2.78. The molecule has 1 aliphatic carbocycles. The van der Waals surface area contributed by atoms with Crippen LogP contribution in [0.3, 0.4) is 0 Å². The molecule has 0 unspecified atom stereocenters. The second kappa shape index (κ2) is 6.47. The van der Waals surface area contributed by atoms with E-state index in [2.05, 4.69) is 14.8 Å². The quantitative estimate of drug-likeness (QED) is 0.788. The van der Waals surface area contributed by atoms with Gasteiger partial charge >= 0.3 is 0 Å². The highest BCUT2D eigenvalue weighted by Gasteiger charge is 2.24. The Morgan fingerprint density at radius 2 is 2.19 bits per heavy atom. The van der Waals surface area contributed by atoms with E-state index in [1.165, 1.54) is 31.0 Å².